The molecule has 0 radical (unpaired) electrons. The third-order valence-corrected chi connectivity index (χ3v) is 7.66. The molecule has 2 heterocycles. The summed E-state index contributed by atoms with van der Waals surface area (Å²) in [7, 11) is 1.32. The molecule has 2 unspecified atom stereocenters. The van der Waals surface area contributed by atoms with Crippen molar-refractivity contribution in [3.8, 4) is 28.5 Å². The summed E-state index contributed by atoms with van der Waals surface area (Å²) in [4.78, 5) is 17.2. The van der Waals surface area contributed by atoms with Gasteiger partial charge in [0.1, 0.15) is 24.7 Å². The van der Waals surface area contributed by atoms with Crippen LogP contribution in [0.15, 0.2) is 48.5 Å². The number of aliphatic hydroxyl groups excluding tert-OH is 1. The Kier molecular flexibility index (Phi) is 8.01. The molecular weight excluding hydrogens is 574 g/mol. The number of pyridine rings is 1. The molecule has 1 saturated carbocycles. The molecule has 2 aromatic carbocycles. The number of nitrogens with zero attached hydrogens (tertiary/aromatic N) is 1. The van der Waals surface area contributed by atoms with Gasteiger partial charge in [-0.2, -0.15) is 13.2 Å². The van der Waals surface area contributed by atoms with Crippen LogP contribution in [0.2, 0.25) is 0 Å². The number of methoxy groups -OCH3 is 1. The Hall–Kier alpha value is -3.94. The van der Waals surface area contributed by atoms with Gasteiger partial charge < -0.3 is 35.5 Å². The van der Waals surface area contributed by atoms with Gasteiger partial charge in [-0.1, -0.05) is 0 Å². The van der Waals surface area contributed by atoms with Gasteiger partial charge in [-0.05, 0) is 74.2 Å². The van der Waals surface area contributed by atoms with E-state index in [1.807, 2.05) is 0 Å². The molecule has 3 aromatic rings. The number of nitrogens with one attached hydrogen (secondary N) is 1. The molecule has 2 aliphatic rings. The number of ether oxygens (including phenoxy) is 3. The number of rotatable bonds is 10. The number of nitrogens with two attached hydrogens (primary N) is 1. The summed E-state index contributed by atoms with van der Waals surface area (Å²) in [6, 6.07) is 9.98. The molecule has 1 amide bonds. The number of aliphatic hydroxyl groups is 2. The summed E-state index contributed by atoms with van der Waals surface area (Å²) < 4.78 is 74.1. The van der Waals surface area contributed by atoms with Crippen molar-refractivity contribution in [3.63, 3.8) is 0 Å². The van der Waals surface area contributed by atoms with Crippen LogP contribution in [0.5, 0.6) is 17.2 Å². The predicted octanol–water partition coefficient (Wildman–Crippen LogP) is 3.79. The highest BCUT2D eigenvalue weighted by atomic mass is 19.4. The van der Waals surface area contributed by atoms with Crippen molar-refractivity contribution >= 4 is 5.91 Å². The van der Waals surface area contributed by atoms with Crippen LogP contribution in [0.25, 0.3) is 11.3 Å². The highest BCUT2D eigenvalue weighted by Crippen LogP contribution is 2.53. The average molecular weight is 606 g/mol. The average Bonchev–Trinajstić information content (AvgIpc) is 3.78. The molecule has 0 bridgehead atoms. The van der Waals surface area contributed by atoms with Crippen LogP contribution in [0, 0.1) is 11.7 Å². The Balaban J connectivity index is 1.50. The lowest BCUT2D eigenvalue weighted by molar-refractivity contribution is -0.265. The first-order valence-corrected chi connectivity index (χ1v) is 13.6. The largest absolute Gasteiger partial charge is 0.493 e. The van der Waals surface area contributed by atoms with Crippen molar-refractivity contribution in [1.82, 2.24) is 10.3 Å². The molecule has 9 nitrogen and oxygen atoms in total. The standard InChI is InChI=1S/C30H31F4N3O6/c1-16(38)13-42-22-10-5-18(11-23(22)41-2)27(39)36-14-29(40,30(32,33)34)24-12-21-26(43-15-28(21,35)19-6-7-19)25(37-24)17-3-8-20(31)9-4-17/h3-5,8-12,16,19,38,40H,6-7,13-15,35H2,1-2H3,(H,36,39)/t16?,28-,29?/m0/s1. The number of hydrogen-bond acceptors (Lipinski definition) is 8. The number of halogens is 4. The van der Waals surface area contributed by atoms with Crippen molar-refractivity contribution in [1.29, 1.82) is 0 Å². The SMILES string of the molecule is COc1cc(C(=O)NCC(O)(c2cc3c(c(-c4ccc(F)cc4)n2)OC[C@]3(N)C2CC2)C(F)(F)F)ccc1OCC(C)O. The summed E-state index contributed by atoms with van der Waals surface area (Å²) >= 11 is 0. The molecule has 1 aliphatic heterocycles. The minimum Gasteiger partial charge on any atom is -0.493 e. The number of carbonyl (C=O) groups is 1. The lowest BCUT2D eigenvalue weighted by atomic mass is 9.85. The molecule has 13 heteroatoms. The molecule has 1 aliphatic carbocycles. The Morgan fingerprint density at radius 1 is 1.19 bits per heavy atom. The molecule has 0 spiro atoms. The first kappa shape index (κ1) is 30.5. The van der Waals surface area contributed by atoms with Crippen LogP contribution in [0.3, 0.4) is 0 Å². The molecule has 5 rings (SSSR count). The van der Waals surface area contributed by atoms with E-state index in [4.69, 9.17) is 19.9 Å². The maximum absolute atomic E-state index is 14.7. The van der Waals surface area contributed by atoms with Gasteiger partial charge in [0.2, 0.25) is 5.60 Å². The Bertz CT molecular complexity index is 1510. The summed E-state index contributed by atoms with van der Waals surface area (Å²) in [5, 5.41) is 22.8. The minimum absolute atomic E-state index is 0.00622. The van der Waals surface area contributed by atoms with E-state index in [1.54, 1.807) is 0 Å². The van der Waals surface area contributed by atoms with E-state index in [-0.39, 0.29) is 58.8 Å². The first-order valence-electron chi connectivity index (χ1n) is 13.6. The molecule has 43 heavy (non-hydrogen) atoms. The van der Waals surface area contributed by atoms with Gasteiger partial charge >= 0.3 is 6.18 Å². The Labute approximate surface area is 244 Å². The van der Waals surface area contributed by atoms with Gasteiger partial charge in [0.05, 0.1) is 31.0 Å². The van der Waals surface area contributed by atoms with Gasteiger partial charge in [0, 0.05) is 16.7 Å². The topological polar surface area (TPSA) is 136 Å². The fraction of sp³-hybridized carbons (Fsp3) is 0.400. The Morgan fingerprint density at radius 2 is 1.88 bits per heavy atom. The van der Waals surface area contributed by atoms with Crippen LogP contribution >= 0.6 is 0 Å². The highest BCUT2D eigenvalue weighted by molar-refractivity contribution is 5.95. The second-order valence-corrected chi connectivity index (χ2v) is 10.9. The maximum atomic E-state index is 14.7. The Morgan fingerprint density at radius 3 is 2.49 bits per heavy atom. The van der Waals surface area contributed by atoms with E-state index in [0.717, 1.165) is 31.0 Å². The molecule has 3 atom stereocenters. The minimum atomic E-state index is -5.28. The lowest BCUT2D eigenvalue weighted by Crippen LogP contribution is -2.52. The number of alkyl halides is 3. The van der Waals surface area contributed by atoms with E-state index in [0.29, 0.717) is 0 Å². The van der Waals surface area contributed by atoms with Crippen LogP contribution in [-0.4, -0.2) is 60.3 Å². The van der Waals surface area contributed by atoms with Gasteiger partial charge in [-0.3, -0.25) is 4.79 Å². The molecule has 230 valence electrons. The number of fused-ring (bicyclic) bond motifs is 1. The van der Waals surface area contributed by atoms with Gasteiger partial charge in [-0.15, -0.1) is 0 Å². The summed E-state index contributed by atoms with van der Waals surface area (Å²) in [5.74, 6) is -1.03. The fourth-order valence-corrected chi connectivity index (χ4v) is 5.03. The van der Waals surface area contributed by atoms with Crippen molar-refractivity contribution < 1.29 is 46.8 Å². The zero-order valence-corrected chi connectivity index (χ0v) is 23.4. The smallest absolute Gasteiger partial charge is 0.424 e. The number of aromatic nitrogens is 1. The zero-order valence-electron chi connectivity index (χ0n) is 23.4. The van der Waals surface area contributed by atoms with Crippen LogP contribution in [-0.2, 0) is 11.1 Å². The van der Waals surface area contributed by atoms with E-state index < -0.39 is 47.4 Å². The summed E-state index contributed by atoms with van der Waals surface area (Å²) in [5.41, 5.74) is 1.54. The number of hydrogen-bond donors (Lipinski definition) is 4. The van der Waals surface area contributed by atoms with Gasteiger partial charge in [0.15, 0.2) is 17.2 Å². The van der Waals surface area contributed by atoms with E-state index in [9.17, 15) is 32.6 Å². The fourth-order valence-electron chi connectivity index (χ4n) is 5.03. The third kappa shape index (κ3) is 5.84. The van der Waals surface area contributed by atoms with Crippen molar-refractivity contribution in [3.05, 3.63) is 71.2 Å². The van der Waals surface area contributed by atoms with Crippen LogP contribution in [0.4, 0.5) is 17.6 Å². The van der Waals surface area contributed by atoms with Gasteiger partial charge in [-0.25, -0.2) is 9.37 Å². The quantitative estimate of drug-likeness (QED) is 0.257. The highest BCUT2D eigenvalue weighted by Gasteiger charge is 2.58. The molecular formula is C30H31F4N3O6. The number of amides is 1. The normalized spacial score (nSPS) is 20.0. The predicted molar refractivity (Wildman–Crippen MR) is 146 cm³/mol. The van der Waals surface area contributed by atoms with Crippen molar-refractivity contribution in [2.24, 2.45) is 11.7 Å². The van der Waals surface area contributed by atoms with Crippen LogP contribution < -0.4 is 25.3 Å². The first-order chi connectivity index (χ1) is 20.3. The summed E-state index contributed by atoms with van der Waals surface area (Å²) in [6.45, 7) is 0.186. The summed E-state index contributed by atoms with van der Waals surface area (Å²) in [6.07, 6.45) is -4.54. The monoisotopic (exact) mass is 605 g/mol. The molecule has 1 aromatic heterocycles. The van der Waals surface area contributed by atoms with Crippen molar-refractivity contribution in [2.45, 2.75) is 43.2 Å². The third-order valence-electron chi connectivity index (χ3n) is 7.66. The second kappa shape index (κ2) is 11.3. The van der Waals surface area contributed by atoms with E-state index >= 15 is 0 Å². The second-order valence-electron chi connectivity index (χ2n) is 10.9. The molecule has 5 N–H and O–H groups in total. The van der Waals surface area contributed by atoms with E-state index in [2.05, 4.69) is 10.3 Å². The van der Waals surface area contributed by atoms with Crippen LogP contribution in [0.1, 0.15) is 41.4 Å². The lowest BCUT2D eigenvalue weighted by Gasteiger charge is -2.32. The number of benzene rings is 2. The number of carbonyl (C=O) groups excluding carboxylic acids is 1. The molecule has 0 saturated heterocycles. The van der Waals surface area contributed by atoms with Crippen molar-refractivity contribution in [2.75, 3.05) is 26.9 Å². The van der Waals surface area contributed by atoms with Gasteiger partial charge in [0.25, 0.3) is 5.91 Å². The molecule has 1 fully saturated rings. The van der Waals surface area contributed by atoms with E-state index in [1.165, 1.54) is 44.4 Å². The zero-order chi connectivity index (χ0) is 31.2. The maximum Gasteiger partial charge on any atom is 0.424 e.